The summed E-state index contributed by atoms with van der Waals surface area (Å²) in [5.74, 6) is 0.459. The first-order valence-corrected chi connectivity index (χ1v) is 5.55. The van der Waals surface area contributed by atoms with Crippen molar-refractivity contribution in [2.75, 3.05) is 0 Å². The van der Waals surface area contributed by atoms with Gasteiger partial charge in [-0.25, -0.2) is 4.98 Å². The van der Waals surface area contributed by atoms with Crippen LogP contribution in [0, 0.1) is 0 Å². The zero-order valence-electron chi connectivity index (χ0n) is 9.23. The molecule has 1 amide bonds. The molecule has 0 aliphatic carbocycles. The maximum absolute atomic E-state index is 11.4. The molecule has 82 valence electrons. The van der Waals surface area contributed by atoms with E-state index in [9.17, 15) is 4.79 Å². The van der Waals surface area contributed by atoms with Crippen LogP contribution in [0.3, 0.4) is 0 Å². The summed E-state index contributed by atoms with van der Waals surface area (Å²) in [4.78, 5) is 15.5. The molecule has 4 heteroatoms. The number of nitrogens with zero attached hydrogens (tertiary/aromatic N) is 2. The number of hydrogen-bond donors (Lipinski definition) is 1. The van der Waals surface area contributed by atoms with Gasteiger partial charge in [0.1, 0.15) is 0 Å². The standard InChI is InChI=1S/C11H17N3O/c1-3-9-8(5-11(15)13-9)10-6-12-7-14(10)4-2/h6-9H,3-5H2,1-2H3,(H,13,15). The van der Waals surface area contributed by atoms with Gasteiger partial charge in [0.2, 0.25) is 5.91 Å². The van der Waals surface area contributed by atoms with Gasteiger partial charge in [0.05, 0.1) is 6.33 Å². The van der Waals surface area contributed by atoms with Gasteiger partial charge in [-0.15, -0.1) is 0 Å². The zero-order valence-corrected chi connectivity index (χ0v) is 9.23. The number of imidazole rings is 1. The SMILES string of the molecule is CCC1NC(=O)CC1c1cncn1CC. The lowest BCUT2D eigenvalue weighted by Crippen LogP contribution is -2.28. The Kier molecular flexibility index (Phi) is 2.75. The second-order valence-electron chi connectivity index (χ2n) is 4.00. The highest BCUT2D eigenvalue weighted by molar-refractivity contribution is 5.80. The number of aromatic nitrogens is 2. The predicted molar refractivity (Wildman–Crippen MR) is 57.5 cm³/mol. The van der Waals surface area contributed by atoms with Crippen molar-refractivity contribution >= 4 is 5.91 Å². The Morgan fingerprint density at radius 2 is 2.40 bits per heavy atom. The highest BCUT2D eigenvalue weighted by Crippen LogP contribution is 2.29. The summed E-state index contributed by atoms with van der Waals surface area (Å²) in [5, 5.41) is 3.01. The normalized spacial score (nSPS) is 25.6. The number of amides is 1. The number of carbonyl (C=O) groups excluding carboxylic acids is 1. The lowest BCUT2D eigenvalue weighted by molar-refractivity contribution is -0.119. The van der Waals surface area contributed by atoms with Gasteiger partial charge in [0, 0.05) is 36.8 Å². The number of nitrogens with one attached hydrogen (secondary N) is 1. The van der Waals surface area contributed by atoms with Crippen LogP contribution in [0.15, 0.2) is 12.5 Å². The lowest BCUT2D eigenvalue weighted by atomic mass is 9.95. The van der Waals surface area contributed by atoms with Crippen LogP contribution in [0.25, 0.3) is 0 Å². The van der Waals surface area contributed by atoms with Gasteiger partial charge in [0.25, 0.3) is 0 Å². The summed E-state index contributed by atoms with van der Waals surface area (Å²) in [7, 11) is 0. The largest absolute Gasteiger partial charge is 0.353 e. The van der Waals surface area contributed by atoms with E-state index in [0.717, 1.165) is 13.0 Å². The fourth-order valence-corrected chi connectivity index (χ4v) is 2.31. The average molecular weight is 207 g/mol. The van der Waals surface area contributed by atoms with Crippen molar-refractivity contribution < 1.29 is 4.79 Å². The summed E-state index contributed by atoms with van der Waals surface area (Å²) >= 11 is 0. The van der Waals surface area contributed by atoms with Crippen molar-refractivity contribution in [1.29, 1.82) is 0 Å². The van der Waals surface area contributed by atoms with Gasteiger partial charge in [-0.3, -0.25) is 4.79 Å². The monoisotopic (exact) mass is 207 g/mol. The van der Waals surface area contributed by atoms with Crippen LogP contribution in [0.4, 0.5) is 0 Å². The zero-order chi connectivity index (χ0) is 10.8. The first-order valence-electron chi connectivity index (χ1n) is 5.55. The predicted octanol–water partition coefficient (Wildman–Crippen LogP) is 1.29. The van der Waals surface area contributed by atoms with Gasteiger partial charge in [-0.2, -0.15) is 0 Å². The van der Waals surface area contributed by atoms with Gasteiger partial charge in [-0.1, -0.05) is 6.92 Å². The van der Waals surface area contributed by atoms with Crippen LogP contribution in [-0.4, -0.2) is 21.5 Å². The first kappa shape index (κ1) is 10.2. The number of hydrogen-bond acceptors (Lipinski definition) is 2. The molecule has 0 aromatic carbocycles. The molecule has 1 aliphatic rings. The Hall–Kier alpha value is -1.32. The van der Waals surface area contributed by atoms with E-state index in [1.807, 2.05) is 12.5 Å². The molecule has 1 saturated heterocycles. The highest BCUT2D eigenvalue weighted by atomic mass is 16.2. The molecule has 1 N–H and O–H groups in total. The van der Waals surface area contributed by atoms with E-state index in [0.29, 0.717) is 12.3 Å². The molecular weight excluding hydrogens is 190 g/mol. The minimum Gasteiger partial charge on any atom is -0.353 e. The molecule has 0 spiro atoms. The van der Waals surface area contributed by atoms with Crippen LogP contribution < -0.4 is 5.32 Å². The minimum absolute atomic E-state index is 0.163. The van der Waals surface area contributed by atoms with Gasteiger partial charge < -0.3 is 9.88 Å². The van der Waals surface area contributed by atoms with E-state index in [-0.39, 0.29) is 11.9 Å². The molecule has 2 unspecified atom stereocenters. The van der Waals surface area contributed by atoms with Crippen LogP contribution in [0.5, 0.6) is 0 Å². The summed E-state index contributed by atoms with van der Waals surface area (Å²) in [5.41, 5.74) is 1.18. The van der Waals surface area contributed by atoms with Crippen molar-refractivity contribution in [2.24, 2.45) is 0 Å². The van der Waals surface area contributed by atoms with Gasteiger partial charge in [0.15, 0.2) is 0 Å². The van der Waals surface area contributed by atoms with Crippen molar-refractivity contribution in [3.63, 3.8) is 0 Å². The first-order chi connectivity index (χ1) is 7.26. The Balaban J connectivity index is 2.26. The molecule has 2 heterocycles. The summed E-state index contributed by atoms with van der Waals surface area (Å²) < 4.78 is 2.12. The van der Waals surface area contributed by atoms with Crippen LogP contribution in [-0.2, 0) is 11.3 Å². The molecule has 15 heavy (non-hydrogen) atoms. The summed E-state index contributed by atoms with van der Waals surface area (Å²) in [6.07, 6.45) is 5.30. The molecule has 0 bridgehead atoms. The second-order valence-corrected chi connectivity index (χ2v) is 4.00. The second kappa shape index (κ2) is 4.04. The van der Waals surface area contributed by atoms with Crippen molar-refractivity contribution in [2.45, 2.75) is 45.2 Å². The summed E-state index contributed by atoms with van der Waals surface area (Å²) in [6.45, 7) is 5.11. The Labute approximate surface area is 89.7 Å². The quantitative estimate of drug-likeness (QED) is 0.811. The highest BCUT2D eigenvalue weighted by Gasteiger charge is 2.33. The fraction of sp³-hybridized carbons (Fsp3) is 0.636. The molecule has 1 aliphatic heterocycles. The number of rotatable bonds is 3. The third-order valence-corrected chi connectivity index (χ3v) is 3.14. The third kappa shape index (κ3) is 1.76. The number of aryl methyl sites for hydroxylation is 1. The van der Waals surface area contributed by atoms with E-state index in [1.54, 1.807) is 0 Å². The van der Waals surface area contributed by atoms with Crippen molar-refractivity contribution in [1.82, 2.24) is 14.9 Å². The molecule has 4 nitrogen and oxygen atoms in total. The molecule has 2 rings (SSSR count). The summed E-state index contributed by atoms with van der Waals surface area (Å²) in [6, 6.07) is 0.277. The maximum Gasteiger partial charge on any atom is 0.220 e. The van der Waals surface area contributed by atoms with Gasteiger partial charge in [-0.05, 0) is 13.3 Å². The topological polar surface area (TPSA) is 46.9 Å². The van der Waals surface area contributed by atoms with Crippen molar-refractivity contribution in [3.05, 3.63) is 18.2 Å². The third-order valence-electron chi connectivity index (χ3n) is 3.14. The smallest absolute Gasteiger partial charge is 0.220 e. The van der Waals surface area contributed by atoms with E-state index >= 15 is 0 Å². The molecule has 0 radical (unpaired) electrons. The maximum atomic E-state index is 11.4. The van der Waals surface area contributed by atoms with E-state index in [4.69, 9.17) is 0 Å². The van der Waals surface area contributed by atoms with E-state index < -0.39 is 0 Å². The van der Waals surface area contributed by atoms with Crippen LogP contribution >= 0.6 is 0 Å². The van der Waals surface area contributed by atoms with Crippen LogP contribution in [0.2, 0.25) is 0 Å². The molecular formula is C11H17N3O. The lowest BCUT2D eigenvalue weighted by Gasteiger charge is -2.18. The average Bonchev–Trinajstić information content (AvgIpc) is 2.82. The molecule has 1 aromatic heterocycles. The molecule has 1 fully saturated rings. The van der Waals surface area contributed by atoms with Gasteiger partial charge >= 0.3 is 0 Å². The van der Waals surface area contributed by atoms with E-state index in [1.165, 1.54) is 5.69 Å². The molecule has 0 saturated carbocycles. The van der Waals surface area contributed by atoms with Crippen LogP contribution in [0.1, 0.15) is 38.3 Å². The Morgan fingerprint density at radius 3 is 3.07 bits per heavy atom. The number of carbonyl (C=O) groups is 1. The Morgan fingerprint density at radius 1 is 1.60 bits per heavy atom. The molecule has 1 aromatic rings. The fourth-order valence-electron chi connectivity index (χ4n) is 2.31. The van der Waals surface area contributed by atoms with Crippen molar-refractivity contribution in [3.8, 4) is 0 Å². The van der Waals surface area contributed by atoms with E-state index in [2.05, 4.69) is 28.7 Å². The molecule has 2 atom stereocenters. The Bertz CT molecular complexity index is 358. The minimum atomic E-state index is 0.163.